The van der Waals surface area contributed by atoms with Crippen molar-refractivity contribution in [3.8, 4) is 0 Å². The van der Waals surface area contributed by atoms with Gasteiger partial charge >= 0.3 is 12.4 Å². The van der Waals surface area contributed by atoms with E-state index in [1.807, 2.05) is 0 Å². The predicted octanol–water partition coefficient (Wildman–Crippen LogP) is 7.23. The number of halogens is 8. The van der Waals surface area contributed by atoms with Gasteiger partial charge in [-0.1, -0.05) is 39.7 Å². The molecule has 13 heteroatoms. The van der Waals surface area contributed by atoms with Crippen LogP contribution in [0.15, 0.2) is 53.0 Å². The molecule has 180 valence electrons. The van der Waals surface area contributed by atoms with Crippen LogP contribution in [-0.2, 0) is 6.18 Å². The first-order valence-electron chi connectivity index (χ1n) is 9.69. The van der Waals surface area contributed by atoms with Crippen LogP contribution in [0.5, 0.6) is 0 Å². The third-order valence-corrected chi connectivity index (χ3v) is 6.10. The fourth-order valence-electron chi connectivity index (χ4n) is 3.58. The molecule has 0 unspecified atom stereocenters. The lowest BCUT2D eigenvalue weighted by Gasteiger charge is -2.33. The molecular weight excluding hydrogens is 554 g/mol. The lowest BCUT2D eigenvalue weighted by atomic mass is 9.97. The molecule has 2 heterocycles. The molecule has 1 aliphatic heterocycles. The summed E-state index contributed by atoms with van der Waals surface area (Å²) >= 11 is 9.16. The number of alkyl halides is 6. The summed E-state index contributed by atoms with van der Waals surface area (Å²) in [5.74, 6) is -1.06. The zero-order chi connectivity index (χ0) is 24.8. The van der Waals surface area contributed by atoms with Gasteiger partial charge in [0, 0.05) is 17.0 Å². The molecule has 0 radical (unpaired) electrons. The number of rotatable bonds is 3. The normalized spacial score (nSPS) is 18.2. The van der Waals surface area contributed by atoms with Crippen LogP contribution in [0, 0.1) is 0 Å². The molecule has 4 rings (SSSR count). The van der Waals surface area contributed by atoms with E-state index in [4.69, 9.17) is 11.6 Å². The zero-order valence-electron chi connectivity index (χ0n) is 16.8. The molecule has 0 saturated carbocycles. The van der Waals surface area contributed by atoms with Crippen LogP contribution in [-0.4, -0.2) is 21.9 Å². The highest BCUT2D eigenvalue weighted by molar-refractivity contribution is 9.10. The lowest BCUT2D eigenvalue weighted by Crippen LogP contribution is -2.35. The number of hydrogen-bond acceptors (Lipinski definition) is 3. The first kappa shape index (κ1) is 24.4. The van der Waals surface area contributed by atoms with Gasteiger partial charge in [-0.05, 0) is 35.9 Å². The summed E-state index contributed by atoms with van der Waals surface area (Å²) in [5.41, 5.74) is -1.21. The van der Waals surface area contributed by atoms with Crippen molar-refractivity contribution in [3.05, 3.63) is 74.8 Å². The average Bonchev–Trinajstić information content (AvgIpc) is 3.18. The first-order valence-corrected chi connectivity index (χ1v) is 10.9. The summed E-state index contributed by atoms with van der Waals surface area (Å²) < 4.78 is 81.8. The molecule has 34 heavy (non-hydrogen) atoms. The van der Waals surface area contributed by atoms with Crippen molar-refractivity contribution in [2.45, 2.75) is 30.9 Å². The molecule has 1 amide bonds. The Kier molecular flexibility index (Phi) is 6.32. The average molecular weight is 568 g/mol. The van der Waals surface area contributed by atoms with Crippen LogP contribution >= 0.6 is 27.5 Å². The number of carbonyl (C=O) groups excluding carboxylic acids is 1. The fourth-order valence-corrected chi connectivity index (χ4v) is 4.01. The van der Waals surface area contributed by atoms with Crippen molar-refractivity contribution in [2.75, 3.05) is 10.6 Å². The van der Waals surface area contributed by atoms with Crippen molar-refractivity contribution in [1.82, 2.24) is 9.78 Å². The molecule has 0 bridgehead atoms. The highest BCUT2D eigenvalue weighted by Crippen LogP contribution is 2.44. The standard InChI is InChI=1S/C21H14BrClF6N4O/c22-12-4-1-10(2-5-12)14-8-17(21(27,28)29)33-18(30-14)9-16(32-33)19(34)31-15-7-11(20(24,25)26)3-6-13(15)23/h1-7,9,14,17,30H,8H2,(H,31,34)/t14-,17-/m0/s1. The Labute approximate surface area is 202 Å². The van der Waals surface area contributed by atoms with Gasteiger partial charge in [-0.25, -0.2) is 4.68 Å². The Morgan fingerprint density at radius 1 is 1.09 bits per heavy atom. The minimum atomic E-state index is -4.68. The van der Waals surface area contributed by atoms with E-state index in [0.29, 0.717) is 16.3 Å². The van der Waals surface area contributed by atoms with Crippen LogP contribution in [0.3, 0.4) is 0 Å². The SMILES string of the molecule is O=C(Nc1cc(C(F)(F)F)ccc1Cl)c1cc2n(n1)[C@H](C(F)(F)F)C[C@@H](c1ccc(Br)cc1)N2. The monoisotopic (exact) mass is 566 g/mol. The van der Waals surface area contributed by atoms with Crippen LogP contribution in [0.2, 0.25) is 5.02 Å². The predicted molar refractivity (Wildman–Crippen MR) is 117 cm³/mol. The molecule has 0 saturated heterocycles. The van der Waals surface area contributed by atoms with Gasteiger partial charge in [0.05, 0.1) is 22.3 Å². The second-order valence-corrected chi connectivity index (χ2v) is 8.87. The van der Waals surface area contributed by atoms with Crippen molar-refractivity contribution in [3.63, 3.8) is 0 Å². The van der Waals surface area contributed by atoms with Crippen LogP contribution in [0.25, 0.3) is 0 Å². The molecule has 5 nitrogen and oxygen atoms in total. The topological polar surface area (TPSA) is 59.0 Å². The molecule has 3 aromatic rings. The fraction of sp³-hybridized carbons (Fsp3) is 0.238. The number of benzene rings is 2. The largest absolute Gasteiger partial charge is 0.416 e. The molecular formula is C21H14BrClF6N4O. The number of nitrogens with one attached hydrogen (secondary N) is 2. The van der Waals surface area contributed by atoms with Gasteiger partial charge in [-0.3, -0.25) is 4.79 Å². The molecule has 0 fully saturated rings. The Hall–Kier alpha value is -2.73. The number of nitrogens with zero attached hydrogens (tertiary/aromatic N) is 2. The number of aromatic nitrogens is 2. The summed E-state index contributed by atoms with van der Waals surface area (Å²) in [6.45, 7) is 0. The molecule has 2 aromatic carbocycles. The smallest absolute Gasteiger partial charge is 0.363 e. The van der Waals surface area contributed by atoms with Gasteiger partial charge in [0.1, 0.15) is 5.82 Å². The van der Waals surface area contributed by atoms with Crippen molar-refractivity contribution >= 4 is 44.9 Å². The van der Waals surface area contributed by atoms with Gasteiger partial charge in [0.2, 0.25) is 0 Å². The van der Waals surface area contributed by atoms with Crippen LogP contribution < -0.4 is 10.6 Å². The Morgan fingerprint density at radius 2 is 1.76 bits per heavy atom. The first-order chi connectivity index (χ1) is 15.8. The van der Waals surface area contributed by atoms with E-state index in [0.717, 1.165) is 22.7 Å². The molecule has 1 aromatic heterocycles. The van der Waals surface area contributed by atoms with E-state index >= 15 is 0 Å². The number of fused-ring (bicyclic) bond motifs is 1. The highest BCUT2D eigenvalue weighted by Gasteiger charge is 2.46. The summed E-state index contributed by atoms with van der Waals surface area (Å²) in [7, 11) is 0. The summed E-state index contributed by atoms with van der Waals surface area (Å²) in [5, 5.41) is 8.75. The van der Waals surface area contributed by atoms with E-state index in [2.05, 4.69) is 31.7 Å². The van der Waals surface area contributed by atoms with Gasteiger partial charge in [-0.15, -0.1) is 0 Å². The van der Waals surface area contributed by atoms with Crippen molar-refractivity contribution in [2.24, 2.45) is 0 Å². The van der Waals surface area contributed by atoms with Gasteiger partial charge in [-0.2, -0.15) is 31.4 Å². The maximum Gasteiger partial charge on any atom is 0.416 e. The third kappa shape index (κ3) is 5.02. The van der Waals surface area contributed by atoms with Crippen LogP contribution in [0.1, 0.15) is 40.1 Å². The molecule has 2 N–H and O–H groups in total. The van der Waals surface area contributed by atoms with E-state index in [-0.39, 0.29) is 22.9 Å². The Morgan fingerprint density at radius 3 is 2.38 bits per heavy atom. The quantitative estimate of drug-likeness (QED) is 0.328. The maximum atomic E-state index is 13.8. The summed E-state index contributed by atoms with van der Waals surface area (Å²) in [6, 6.07) is 7.46. The Balaban J connectivity index is 1.64. The highest BCUT2D eigenvalue weighted by atomic mass is 79.9. The number of carbonyl (C=O) groups is 1. The second kappa shape index (κ2) is 8.81. The molecule has 1 aliphatic rings. The van der Waals surface area contributed by atoms with Crippen molar-refractivity contribution < 1.29 is 31.1 Å². The number of amides is 1. The molecule has 0 spiro atoms. The van der Waals surface area contributed by atoms with Crippen molar-refractivity contribution in [1.29, 1.82) is 0 Å². The number of hydrogen-bond donors (Lipinski definition) is 2. The minimum Gasteiger partial charge on any atom is -0.363 e. The number of anilines is 2. The van der Waals surface area contributed by atoms with Gasteiger partial charge in [0.15, 0.2) is 11.7 Å². The van der Waals surface area contributed by atoms with E-state index < -0.39 is 41.6 Å². The zero-order valence-corrected chi connectivity index (χ0v) is 19.1. The van der Waals surface area contributed by atoms with Gasteiger partial charge < -0.3 is 10.6 Å². The Bertz CT molecular complexity index is 1230. The minimum absolute atomic E-state index is 0.0539. The second-order valence-electron chi connectivity index (χ2n) is 7.55. The maximum absolute atomic E-state index is 13.8. The van der Waals surface area contributed by atoms with Gasteiger partial charge in [0.25, 0.3) is 5.91 Å². The third-order valence-electron chi connectivity index (χ3n) is 5.24. The summed E-state index contributed by atoms with van der Waals surface area (Å²) in [4.78, 5) is 12.6. The van der Waals surface area contributed by atoms with E-state index in [9.17, 15) is 31.1 Å². The summed E-state index contributed by atoms with van der Waals surface area (Å²) in [6.07, 6.45) is -9.71. The van der Waals surface area contributed by atoms with Crippen LogP contribution in [0.4, 0.5) is 37.8 Å². The lowest BCUT2D eigenvalue weighted by molar-refractivity contribution is -0.173. The molecule has 0 aliphatic carbocycles. The van der Waals surface area contributed by atoms with E-state index in [1.165, 1.54) is 0 Å². The van der Waals surface area contributed by atoms with E-state index in [1.54, 1.807) is 24.3 Å². The molecule has 2 atom stereocenters.